The molecule has 0 heterocycles. The number of ether oxygens (including phenoxy) is 1. The number of nitrogens with zero attached hydrogens (tertiary/aromatic N) is 1. The molecule has 0 spiro atoms. The summed E-state index contributed by atoms with van der Waals surface area (Å²) in [6, 6.07) is 5.72. The van der Waals surface area contributed by atoms with Crippen molar-refractivity contribution in [2.75, 3.05) is 6.61 Å². The first-order chi connectivity index (χ1) is 9.61. The van der Waals surface area contributed by atoms with Gasteiger partial charge in [-0.1, -0.05) is 17.3 Å². The summed E-state index contributed by atoms with van der Waals surface area (Å²) >= 11 is 0. The van der Waals surface area contributed by atoms with E-state index in [0.29, 0.717) is 11.5 Å². The molecule has 5 heteroatoms. The van der Waals surface area contributed by atoms with Crippen LogP contribution in [0, 0.1) is 0 Å². The third-order valence-electron chi connectivity index (χ3n) is 3.21. The molecule has 0 unspecified atom stereocenters. The predicted octanol–water partition coefficient (Wildman–Crippen LogP) is 2.10. The molecule has 2 rings (SSSR count). The largest absolute Gasteiger partial charge is 0.483 e. The van der Waals surface area contributed by atoms with Crippen molar-refractivity contribution >= 4 is 11.6 Å². The number of oxime groups is 1. The summed E-state index contributed by atoms with van der Waals surface area (Å²) in [5.74, 6) is 0.562. The number of hydrogen-bond donors (Lipinski definition) is 2. The van der Waals surface area contributed by atoms with E-state index < -0.39 is 0 Å². The Morgan fingerprint density at radius 3 is 2.95 bits per heavy atom. The lowest BCUT2D eigenvalue weighted by Crippen LogP contribution is -2.34. The van der Waals surface area contributed by atoms with Gasteiger partial charge in [-0.15, -0.1) is 0 Å². The molecule has 0 bridgehead atoms. The third-order valence-corrected chi connectivity index (χ3v) is 3.21. The fourth-order valence-corrected chi connectivity index (χ4v) is 2.41. The first-order valence-corrected chi connectivity index (χ1v) is 6.87. The smallest absolute Gasteiger partial charge is 0.258 e. The molecule has 2 N–H and O–H groups in total. The molecule has 0 saturated heterocycles. The zero-order valence-corrected chi connectivity index (χ0v) is 11.8. The summed E-state index contributed by atoms with van der Waals surface area (Å²) in [6.07, 6.45) is 2.56. The monoisotopic (exact) mass is 276 g/mol. The van der Waals surface area contributed by atoms with Crippen molar-refractivity contribution in [3.63, 3.8) is 0 Å². The van der Waals surface area contributed by atoms with Crippen LogP contribution < -0.4 is 10.1 Å². The molecule has 0 atom stereocenters. The highest BCUT2D eigenvalue weighted by Gasteiger charge is 2.19. The van der Waals surface area contributed by atoms with E-state index in [9.17, 15) is 4.79 Å². The minimum atomic E-state index is -0.135. The van der Waals surface area contributed by atoms with Crippen LogP contribution in [0.5, 0.6) is 5.75 Å². The maximum absolute atomic E-state index is 11.6. The minimum Gasteiger partial charge on any atom is -0.483 e. The van der Waals surface area contributed by atoms with Crippen molar-refractivity contribution in [2.45, 2.75) is 39.2 Å². The van der Waals surface area contributed by atoms with Gasteiger partial charge in [0.15, 0.2) is 6.61 Å². The molecule has 0 fully saturated rings. The van der Waals surface area contributed by atoms with E-state index in [4.69, 9.17) is 9.94 Å². The van der Waals surface area contributed by atoms with Gasteiger partial charge >= 0.3 is 0 Å². The second-order valence-electron chi connectivity index (χ2n) is 5.19. The summed E-state index contributed by atoms with van der Waals surface area (Å²) in [5, 5.41) is 15.2. The SMILES string of the molecule is CC(C)NC(=O)COc1cccc2c1CCCC2=NO. The number of fused-ring (bicyclic) bond motifs is 1. The third kappa shape index (κ3) is 3.29. The molecule has 1 aliphatic carbocycles. The fourth-order valence-electron chi connectivity index (χ4n) is 2.41. The Balaban J connectivity index is 2.12. The number of carbonyl (C=O) groups is 1. The zero-order valence-electron chi connectivity index (χ0n) is 11.8. The van der Waals surface area contributed by atoms with Gasteiger partial charge in [-0.25, -0.2) is 0 Å². The molecular weight excluding hydrogens is 256 g/mol. The first-order valence-electron chi connectivity index (χ1n) is 6.87. The van der Waals surface area contributed by atoms with E-state index in [1.165, 1.54) is 0 Å². The molecule has 1 amide bonds. The van der Waals surface area contributed by atoms with E-state index in [1.807, 2.05) is 32.0 Å². The van der Waals surface area contributed by atoms with Crippen molar-refractivity contribution in [1.29, 1.82) is 0 Å². The maximum atomic E-state index is 11.6. The highest BCUT2D eigenvalue weighted by molar-refractivity contribution is 6.02. The van der Waals surface area contributed by atoms with Gasteiger partial charge in [0.05, 0.1) is 5.71 Å². The lowest BCUT2D eigenvalue weighted by molar-refractivity contribution is -0.123. The van der Waals surface area contributed by atoms with E-state index in [0.717, 1.165) is 30.4 Å². The van der Waals surface area contributed by atoms with E-state index in [-0.39, 0.29) is 18.6 Å². The van der Waals surface area contributed by atoms with Crippen LogP contribution in [0.15, 0.2) is 23.4 Å². The van der Waals surface area contributed by atoms with Crippen molar-refractivity contribution in [3.8, 4) is 5.75 Å². The second kappa shape index (κ2) is 6.41. The summed E-state index contributed by atoms with van der Waals surface area (Å²) in [4.78, 5) is 11.6. The van der Waals surface area contributed by atoms with Gasteiger partial charge in [0.2, 0.25) is 0 Å². The molecule has 0 radical (unpaired) electrons. The highest BCUT2D eigenvalue weighted by atomic mass is 16.5. The quantitative estimate of drug-likeness (QED) is 0.653. The summed E-state index contributed by atoms with van der Waals surface area (Å²) in [6.45, 7) is 3.82. The Morgan fingerprint density at radius 1 is 1.45 bits per heavy atom. The standard InChI is InChI=1S/C15H20N2O3/c1-10(2)16-15(18)9-20-14-8-4-5-11-12(14)6-3-7-13(11)17-19/h4-5,8,10,19H,3,6-7,9H2,1-2H3,(H,16,18). The maximum Gasteiger partial charge on any atom is 0.258 e. The Bertz CT molecular complexity index is 524. The van der Waals surface area contributed by atoms with Gasteiger partial charge in [0, 0.05) is 17.2 Å². The van der Waals surface area contributed by atoms with Crippen LogP contribution in [0.2, 0.25) is 0 Å². The number of nitrogens with one attached hydrogen (secondary N) is 1. The van der Waals surface area contributed by atoms with Crippen LogP contribution >= 0.6 is 0 Å². The van der Waals surface area contributed by atoms with E-state index in [1.54, 1.807) is 0 Å². The van der Waals surface area contributed by atoms with Crippen LogP contribution in [-0.4, -0.2) is 29.5 Å². The number of amides is 1. The van der Waals surface area contributed by atoms with Crippen LogP contribution in [0.25, 0.3) is 0 Å². The molecule has 0 aliphatic heterocycles. The van der Waals surface area contributed by atoms with Crippen molar-refractivity contribution in [2.24, 2.45) is 5.16 Å². The van der Waals surface area contributed by atoms with Crippen molar-refractivity contribution in [1.82, 2.24) is 5.32 Å². The van der Waals surface area contributed by atoms with Gasteiger partial charge in [-0.2, -0.15) is 0 Å². The van der Waals surface area contributed by atoms with Gasteiger partial charge in [-0.05, 0) is 39.2 Å². The number of hydrogen-bond acceptors (Lipinski definition) is 4. The van der Waals surface area contributed by atoms with Gasteiger partial charge < -0.3 is 15.3 Å². The molecule has 1 aliphatic rings. The van der Waals surface area contributed by atoms with Crippen LogP contribution in [-0.2, 0) is 11.2 Å². The van der Waals surface area contributed by atoms with Crippen LogP contribution in [0.3, 0.4) is 0 Å². The number of rotatable bonds is 4. The van der Waals surface area contributed by atoms with Crippen molar-refractivity contribution < 1.29 is 14.7 Å². The summed E-state index contributed by atoms with van der Waals surface area (Å²) in [7, 11) is 0. The summed E-state index contributed by atoms with van der Waals surface area (Å²) < 4.78 is 5.61. The fraction of sp³-hybridized carbons (Fsp3) is 0.467. The number of benzene rings is 1. The van der Waals surface area contributed by atoms with E-state index >= 15 is 0 Å². The Hall–Kier alpha value is -2.04. The second-order valence-corrected chi connectivity index (χ2v) is 5.19. The highest BCUT2D eigenvalue weighted by Crippen LogP contribution is 2.29. The Labute approximate surface area is 118 Å². The first kappa shape index (κ1) is 14.4. The van der Waals surface area contributed by atoms with E-state index in [2.05, 4.69) is 10.5 Å². The lowest BCUT2D eigenvalue weighted by atomic mass is 9.89. The molecular formula is C15H20N2O3. The molecule has 0 aromatic heterocycles. The molecule has 0 saturated carbocycles. The zero-order chi connectivity index (χ0) is 14.5. The van der Waals surface area contributed by atoms with Gasteiger partial charge in [0.1, 0.15) is 5.75 Å². The summed E-state index contributed by atoms with van der Waals surface area (Å²) in [5.41, 5.74) is 2.62. The molecule has 5 nitrogen and oxygen atoms in total. The Kier molecular flexibility index (Phi) is 4.61. The molecule has 108 valence electrons. The van der Waals surface area contributed by atoms with Gasteiger partial charge in [0.25, 0.3) is 5.91 Å². The van der Waals surface area contributed by atoms with Gasteiger partial charge in [-0.3, -0.25) is 4.79 Å². The lowest BCUT2D eigenvalue weighted by Gasteiger charge is -2.20. The minimum absolute atomic E-state index is 0.000233. The predicted molar refractivity (Wildman–Crippen MR) is 76.5 cm³/mol. The normalized spacial score (nSPS) is 16.1. The average molecular weight is 276 g/mol. The average Bonchev–Trinajstić information content (AvgIpc) is 2.43. The molecule has 1 aromatic carbocycles. The number of carbonyl (C=O) groups excluding carboxylic acids is 1. The van der Waals surface area contributed by atoms with Crippen LogP contribution in [0.1, 0.15) is 37.8 Å². The van der Waals surface area contributed by atoms with Crippen LogP contribution in [0.4, 0.5) is 0 Å². The molecule has 1 aromatic rings. The topological polar surface area (TPSA) is 70.9 Å². The molecule has 20 heavy (non-hydrogen) atoms. The Morgan fingerprint density at radius 2 is 2.25 bits per heavy atom. The van der Waals surface area contributed by atoms with Crippen molar-refractivity contribution in [3.05, 3.63) is 29.3 Å².